The zero-order chi connectivity index (χ0) is 14.7. The number of hydrogen-bond donors (Lipinski definition) is 2. The van der Waals surface area contributed by atoms with E-state index in [1.807, 2.05) is 26.0 Å². The lowest BCUT2D eigenvalue weighted by atomic mass is 10.2. The molecule has 2 aromatic rings. The van der Waals surface area contributed by atoms with Gasteiger partial charge in [0.1, 0.15) is 11.6 Å². The molecule has 0 aromatic heterocycles. The van der Waals surface area contributed by atoms with E-state index < -0.39 is 0 Å². The molecule has 3 nitrogen and oxygen atoms in total. The molecule has 0 heterocycles. The molecule has 106 valence electrons. The molecule has 0 atom stereocenters. The summed E-state index contributed by atoms with van der Waals surface area (Å²) in [7, 11) is 0. The zero-order valence-corrected chi connectivity index (χ0v) is 11.9. The SMILES string of the molecule is Cc1ccc(Nc2cc(N)cc(OC(C)C)c2)cc1F. The van der Waals surface area contributed by atoms with Crippen molar-refractivity contribution in [1.82, 2.24) is 0 Å². The van der Waals surface area contributed by atoms with E-state index in [0.29, 0.717) is 22.7 Å². The van der Waals surface area contributed by atoms with E-state index in [0.717, 1.165) is 5.69 Å². The molecule has 0 fully saturated rings. The molecule has 4 heteroatoms. The first-order valence-corrected chi connectivity index (χ1v) is 6.54. The van der Waals surface area contributed by atoms with Gasteiger partial charge in [-0.15, -0.1) is 0 Å². The van der Waals surface area contributed by atoms with Crippen LogP contribution in [0.15, 0.2) is 36.4 Å². The summed E-state index contributed by atoms with van der Waals surface area (Å²) in [6.45, 7) is 5.63. The van der Waals surface area contributed by atoms with E-state index in [-0.39, 0.29) is 11.9 Å². The van der Waals surface area contributed by atoms with E-state index in [1.54, 1.807) is 25.1 Å². The van der Waals surface area contributed by atoms with Crippen LogP contribution in [-0.2, 0) is 0 Å². The van der Waals surface area contributed by atoms with Crippen LogP contribution in [0.4, 0.5) is 21.5 Å². The molecule has 0 amide bonds. The lowest BCUT2D eigenvalue weighted by Gasteiger charge is -2.13. The van der Waals surface area contributed by atoms with Crippen LogP contribution in [0.25, 0.3) is 0 Å². The van der Waals surface area contributed by atoms with Crippen molar-refractivity contribution < 1.29 is 9.13 Å². The maximum Gasteiger partial charge on any atom is 0.128 e. The predicted molar refractivity (Wildman–Crippen MR) is 81.0 cm³/mol. The first-order chi connectivity index (χ1) is 9.44. The molecular formula is C16H19FN2O. The van der Waals surface area contributed by atoms with E-state index in [4.69, 9.17) is 10.5 Å². The van der Waals surface area contributed by atoms with Gasteiger partial charge in [-0.2, -0.15) is 0 Å². The number of halogens is 1. The van der Waals surface area contributed by atoms with Crippen LogP contribution in [0.5, 0.6) is 5.75 Å². The summed E-state index contributed by atoms with van der Waals surface area (Å²) >= 11 is 0. The number of nitrogen functional groups attached to an aromatic ring is 1. The van der Waals surface area contributed by atoms with Crippen molar-refractivity contribution in [3.63, 3.8) is 0 Å². The summed E-state index contributed by atoms with van der Waals surface area (Å²) in [5.41, 5.74) is 8.50. The van der Waals surface area contributed by atoms with Gasteiger partial charge in [0.25, 0.3) is 0 Å². The quantitative estimate of drug-likeness (QED) is 0.819. The van der Waals surface area contributed by atoms with E-state index in [9.17, 15) is 4.39 Å². The summed E-state index contributed by atoms with van der Waals surface area (Å²) in [5, 5.41) is 3.13. The van der Waals surface area contributed by atoms with Gasteiger partial charge >= 0.3 is 0 Å². The Morgan fingerprint density at radius 3 is 2.50 bits per heavy atom. The largest absolute Gasteiger partial charge is 0.491 e. The fourth-order valence-corrected chi connectivity index (χ4v) is 1.87. The Hall–Kier alpha value is -2.23. The topological polar surface area (TPSA) is 47.3 Å². The summed E-state index contributed by atoms with van der Waals surface area (Å²) < 4.78 is 19.1. The van der Waals surface area contributed by atoms with Crippen LogP contribution in [0.1, 0.15) is 19.4 Å². The number of ether oxygens (including phenoxy) is 1. The van der Waals surface area contributed by atoms with E-state index in [1.165, 1.54) is 6.07 Å². The van der Waals surface area contributed by atoms with Crippen LogP contribution >= 0.6 is 0 Å². The molecule has 0 unspecified atom stereocenters. The third kappa shape index (κ3) is 3.63. The number of rotatable bonds is 4. The molecule has 3 N–H and O–H groups in total. The minimum absolute atomic E-state index is 0.0708. The standard InChI is InChI=1S/C16H19FN2O/c1-10(2)20-15-7-12(18)6-14(8-15)19-13-5-4-11(3)16(17)9-13/h4-10,19H,18H2,1-3H3. The molecule has 2 aromatic carbocycles. The van der Waals surface area contributed by atoms with Gasteiger partial charge in [0.2, 0.25) is 0 Å². The van der Waals surface area contributed by atoms with Gasteiger partial charge in [0, 0.05) is 29.2 Å². The predicted octanol–water partition coefficient (Wildman–Crippen LogP) is 4.25. The van der Waals surface area contributed by atoms with Gasteiger partial charge in [-0.3, -0.25) is 0 Å². The van der Waals surface area contributed by atoms with Crippen LogP contribution in [0, 0.1) is 12.7 Å². The maximum absolute atomic E-state index is 13.5. The van der Waals surface area contributed by atoms with E-state index in [2.05, 4.69) is 5.32 Å². The minimum atomic E-state index is -0.238. The summed E-state index contributed by atoms with van der Waals surface area (Å²) in [5.74, 6) is 0.452. The average molecular weight is 274 g/mol. The van der Waals surface area contributed by atoms with Crippen LogP contribution in [0.3, 0.4) is 0 Å². The fraction of sp³-hybridized carbons (Fsp3) is 0.250. The molecule has 0 radical (unpaired) electrons. The Morgan fingerprint density at radius 2 is 1.85 bits per heavy atom. The van der Waals surface area contributed by atoms with Gasteiger partial charge in [-0.25, -0.2) is 4.39 Å². The highest BCUT2D eigenvalue weighted by Gasteiger charge is 2.04. The second-order valence-electron chi connectivity index (χ2n) is 5.05. The highest BCUT2D eigenvalue weighted by molar-refractivity contribution is 5.66. The van der Waals surface area contributed by atoms with Crippen molar-refractivity contribution >= 4 is 17.1 Å². The first kappa shape index (κ1) is 14.2. The Bertz CT molecular complexity index is 611. The Kier molecular flexibility index (Phi) is 4.13. The molecule has 20 heavy (non-hydrogen) atoms. The van der Waals surface area contributed by atoms with Gasteiger partial charge in [-0.1, -0.05) is 6.07 Å². The number of anilines is 3. The molecule has 0 bridgehead atoms. The molecule has 0 aliphatic heterocycles. The summed E-state index contributed by atoms with van der Waals surface area (Å²) in [4.78, 5) is 0. The number of nitrogens with two attached hydrogens (primary N) is 1. The van der Waals surface area contributed by atoms with E-state index >= 15 is 0 Å². The van der Waals surface area contributed by atoms with Crippen molar-refractivity contribution in [1.29, 1.82) is 0 Å². The average Bonchev–Trinajstić information content (AvgIpc) is 2.32. The smallest absolute Gasteiger partial charge is 0.128 e. The Balaban J connectivity index is 2.24. The van der Waals surface area contributed by atoms with Gasteiger partial charge in [0.05, 0.1) is 6.10 Å². The number of benzene rings is 2. The minimum Gasteiger partial charge on any atom is -0.491 e. The number of hydrogen-bond acceptors (Lipinski definition) is 3. The second kappa shape index (κ2) is 5.82. The van der Waals surface area contributed by atoms with Crippen LogP contribution in [-0.4, -0.2) is 6.10 Å². The molecule has 2 rings (SSSR count). The Labute approximate surface area is 118 Å². The fourth-order valence-electron chi connectivity index (χ4n) is 1.87. The lowest BCUT2D eigenvalue weighted by Crippen LogP contribution is -2.06. The van der Waals surface area contributed by atoms with Gasteiger partial charge in [0.15, 0.2) is 0 Å². The first-order valence-electron chi connectivity index (χ1n) is 6.54. The van der Waals surface area contributed by atoms with Crippen molar-refractivity contribution in [2.75, 3.05) is 11.1 Å². The summed E-state index contributed by atoms with van der Waals surface area (Å²) in [6.07, 6.45) is 0.0708. The van der Waals surface area contributed by atoms with Crippen LogP contribution < -0.4 is 15.8 Å². The highest BCUT2D eigenvalue weighted by atomic mass is 19.1. The van der Waals surface area contributed by atoms with Crippen molar-refractivity contribution in [3.05, 3.63) is 47.8 Å². The highest BCUT2D eigenvalue weighted by Crippen LogP contribution is 2.26. The molecular weight excluding hydrogens is 255 g/mol. The molecule has 0 saturated carbocycles. The third-order valence-electron chi connectivity index (χ3n) is 2.76. The van der Waals surface area contributed by atoms with Crippen LogP contribution in [0.2, 0.25) is 0 Å². The normalized spacial score (nSPS) is 10.7. The molecule has 0 aliphatic rings. The van der Waals surface area contributed by atoms with Crippen molar-refractivity contribution in [2.45, 2.75) is 26.9 Å². The lowest BCUT2D eigenvalue weighted by molar-refractivity contribution is 0.242. The second-order valence-corrected chi connectivity index (χ2v) is 5.05. The van der Waals surface area contributed by atoms with Gasteiger partial charge in [-0.05, 0) is 44.5 Å². The number of nitrogens with one attached hydrogen (secondary N) is 1. The molecule has 0 saturated heterocycles. The maximum atomic E-state index is 13.5. The third-order valence-corrected chi connectivity index (χ3v) is 2.76. The number of aryl methyl sites for hydroxylation is 1. The molecule has 0 aliphatic carbocycles. The Morgan fingerprint density at radius 1 is 1.10 bits per heavy atom. The van der Waals surface area contributed by atoms with Crippen molar-refractivity contribution in [2.24, 2.45) is 0 Å². The monoisotopic (exact) mass is 274 g/mol. The van der Waals surface area contributed by atoms with Crippen molar-refractivity contribution in [3.8, 4) is 5.75 Å². The van der Waals surface area contributed by atoms with Gasteiger partial charge < -0.3 is 15.8 Å². The molecule has 0 spiro atoms. The zero-order valence-electron chi connectivity index (χ0n) is 11.9. The summed E-state index contributed by atoms with van der Waals surface area (Å²) in [6, 6.07) is 10.4.